The topological polar surface area (TPSA) is 32.3 Å². The summed E-state index contributed by atoms with van der Waals surface area (Å²) in [6, 6.07) is 14.7. The monoisotopic (exact) mass is 342 g/mol. The normalized spacial score (nSPS) is 14.0. The number of carbonyl (C=O) groups excluding carboxylic acids is 1. The first kappa shape index (κ1) is 17.0. The van der Waals surface area contributed by atoms with E-state index in [-0.39, 0.29) is 5.91 Å². The Hall–Kier alpha value is -1.84. The second-order valence-corrected chi connectivity index (χ2v) is 7.02. The van der Waals surface area contributed by atoms with E-state index in [9.17, 15) is 4.79 Å². The quantitative estimate of drug-likeness (QED) is 0.834. The Kier molecular flexibility index (Phi) is 5.22. The minimum atomic E-state index is -0.00770. The Bertz CT molecular complexity index is 703. The van der Waals surface area contributed by atoms with Gasteiger partial charge in [-0.2, -0.15) is 0 Å². The highest BCUT2D eigenvalue weighted by molar-refractivity contribution is 6.34. The average molecular weight is 343 g/mol. The van der Waals surface area contributed by atoms with Crippen molar-refractivity contribution in [2.24, 2.45) is 0 Å². The number of amides is 1. The molecule has 0 unspecified atom stereocenters. The molecule has 1 N–H and O–H groups in total. The van der Waals surface area contributed by atoms with Crippen molar-refractivity contribution in [3.63, 3.8) is 0 Å². The molecule has 1 fully saturated rings. The standard InChI is InChI=1S/C20H23ClN2O/c1-14-10-15(2)20(18(21)11-14)22-19(24)13-23(17-8-9-17)12-16-6-4-3-5-7-16/h3-7,10-11,17H,8-9,12-13H2,1-2H3,(H,22,24). The third-order valence-corrected chi connectivity index (χ3v) is 4.63. The summed E-state index contributed by atoms with van der Waals surface area (Å²) < 4.78 is 0. The third kappa shape index (κ3) is 4.37. The van der Waals surface area contributed by atoms with Gasteiger partial charge in [0.05, 0.1) is 17.3 Å². The van der Waals surface area contributed by atoms with E-state index < -0.39 is 0 Å². The zero-order chi connectivity index (χ0) is 17.1. The summed E-state index contributed by atoms with van der Waals surface area (Å²) in [4.78, 5) is 14.8. The van der Waals surface area contributed by atoms with Crippen LogP contribution in [0.5, 0.6) is 0 Å². The lowest BCUT2D eigenvalue weighted by atomic mass is 10.1. The Morgan fingerprint density at radius 3 is 2.54 bits per heavy atom. The molecule has 0 bridgehead atoms. The lowest BCUT2D eigenvalue weighted by molar-refractivity contribution is -0.117. The molecule has 4 heteroatoms. The third-order valence-electron chi connectivity index (χ3n) is 4.33. The fourth-order valence-electron chi connectivity index (χ4n) is 3.01. The Morgan fingerprint density at radius 1 is 1.21 bits per heavy atom. The van der Waals surface area contributed by atoms with Crippen molar-refractivity contribution < 1.29 is 4.79 Å². The zero-order valence-corrected chi connectivity index (χ0v) is 14.9. The minimum absolute atomic E-state index is 0.00770. The van der Waals surface area contributed by atoms with E-state index in [0.29, 0.717) is 17.6 Å². The van der Waals surface area contributed by atoms with Crippen molar-refractivity contribution in [3.8, 4) is 0 Å². The van der Waals surface area contributed by atoms with Crippen LogP contribution in [0.15, 0.2) is 42.5 Å². The number of benzene rings is 2. The molecule has 1 aliphatic carbocycles. The molecule has 2 aromatic rings. The molecular weight excluding hydrogens is 320 g/mol. The summed E-state index contributed by atoms with van der Waals surface area (Å²) in [7, 11) is 0. The molecule has 0 atom stereocenters. The van der Waals surface area contributed by atoms with E-state index in [0.717, 1.165) is 23.4 Å². The predicted molar refractivity (Wildman–Crippen MR) is 99.4 cm³/mol. The molecule has 0 spiro atoms. The van der Waals surface area contributed by atoms with Crippen molar-refractivity contribution in [1.29, 1.82) is 0 Å². The molecule has 0 radical (unpaired) electrons. The van der Waals surface area contributed by atoms with Gasteiger partial charge in [-0.05, 0) is 49.4 Å². The van der Waals surface area contributed by atoms with Gasteiger partial charge in [-0.3, -0.25) is 9.69 Å². The summed E-state index contributed by atoms with van der Waals surface area (Å²) in [6.07, 6.45) is 2.34. The van der Waals surface area contributed by atoms with Crippen molar-refractivity contribution in [2.75, 3.05) is 11.9 Å². The number of aryl methyl sites for hydroxylation is 2. The highest BCUT2D eigenvalue weighted by atomic mass is 35.5. The number of anilines is 1. The maximum Gasteiger partial charge on any atom is 0.238 e. The SMILES string of the molecule is Cc1cc(C)c(NC(=O)CN(Cc2ccccc2)C2CC2)c(Cl)c1. The molecule has 1 amide bonds. The molecule has 0 aromatic heterocycles. The van der Waals surface area contributed by atoms with Gasteiger partial charge in [-0.25, -0.2) is 0 Å². The Labute approximate surface area is 148 Å². The molecule has 3 nitrogen and oxygen atoms in total. The largest absolute Gasteiger partial charge is 0.323 e. The predicted octanol–water partition coefficient (Wildman–Crippen LogP) is 4.56. The van der Waals surface area contributed by atoms with Crippen LogP contribution in [0, 0.1) is 13.8 Å². The number of hydrogen-bond acceptors (Lipinski definition) is 2. The fraction of sp³-hybridized carbons (Fsp3) is 0.350. The fourth-order valence-corrected chi connectivity index (χ4v) is 3.38. The first-order valence-electron chi connectivity index (χ1n) is 8.37. The summed E-state index contributed by atoms with van der Waals surface area (Å²) in [5, 5.41) is 3.59. The molecule has 126 valence electrons. The number of rotatable bonds is 6. The molecule has 0 heterocycles. The number of hydrogen-bond donors (Lipinski definition) is 1. The van der Waals surface area contributed by atoms with Crippen LogP contribution in [0.3, 0.4) is 0 Å². The van der Waals surface area contributed by atoms with Gasteiger partial charge in [-0.1, -0.05) is 48.0 Å². The second kappa shape index (κ2) is 7.37. The van der Waals surface area contributed by atoms with E-state index >= 15 is 0 Å². The molecule has 3 rings (SSSR count). The average Bonchev–Trinajstić information content (AvgIpc) is 3.36. The van der Waals surface area contributed by atoms with Gasteiger partial charge in [0.15, 0.2) is 0 Å². The lowest BCUT2D eigenvalue weighted by Gasteiger charge is -2.22. The summed E-state index contributed by atoms with van der Waals surface area (Å²) in [5.41, 5.74) is 4.05. The van der Waals surface area contributed by atoms with Crippen molar-refractivity contribution in [1.82, 2.24) is 4.90 Å². The van der Waals surface area contributed by atoms with Gasteiger partial charge in [-0.15, -0.1) is 0 Å². The van der Waals surface area contributed by atoms with Crippen LogP contribution in [-0.2, 0) is 11.3 Å². The summed E-state index contributed by atoms with van der Waals surface area (Å²) in [6.45, 7) is 5.17. The van der Waals surface area contributed by atoms with Crippen LogP contribution in [0.25, 0.3) is 0 Å². The van der Waals surface area contributed by atoms with Crippen molar-refractivity contribution in [2.45, 2.75) is 39.3 Å². The number of nitrogens with one attached hydrogen (secondary N) is 1. The van der Waals surface area contributed by atoms with Crippen LogP contribution in [0.1, 0.15) is 29.5 Å². The highest BCUT2D eigenvalue weighted by Gasteiger charge is 2.30. The highest BCUT2D eigenvalue weighted by Crippen LogP contribution is 2.29. The van der Waals surface area contributed by atoms with E-state index in [4.69, 9.17) is 11.6 Å². The number of carbonyl (C=O) groups is 1. The van der Waals surface area contributed by atoms with Gasteiger partial charge >= 0.3 is 0 Å². The minimum Gasteiger partial charge on any atom is -0.323 e. The van der Waals surface area contributed by atoms with Gasteiger partial charge in [0.25, 0.3) is 0 Å². The van der Waals surface area contributed by atoms with Gasteiger partial charge < -0.3 is 5.32 Å². The molecular formula is C20H23ClN2O. The smallest absolute Gasteiger partial charge is 0.238 e. The lowest BCUT2D eigenvalue weighted by Crippen LogP contribution is -2.34. The maximum absolute atomic E-state index is 12.5. The molecule has 24 heavy (non-hydrogen) atoms. The van der Waals surface area contributed by atoms with E-state index in [1.165, 1.54) is 18.4 Å². The summed E-state index contributed by atoms with van der Waals surface area (Å²) in [5.74, 6) is -0.00770. The maximum atomic E-state index is 12.5. The molecule has 1 aliphatic rings. The van der Waals surface area contributed by atoms with Crippen LogP contribution in [0.2, 0.25) is 5.02 Å². The molecule has 0 saturated heterocycles. The molecule has 1 saturated carbocycles. The van der Waals surface area contributed by atoms with Gasteiger partial charge in [0.2, 0.25) is 5.91 Å². The van der Waals surface area contributed by atoms with E-state index in [1.54, 1.807) is 0 Å². The second-order valence-electron chi connectivity index (χ2n) is 6.61. The van der Waals surface area contributed by atoms with Gasteiger partial charge in [0.1, 0.15) is 0 Å². The molecule has 2 aromatic carbocycles. The van der Waals surface area contributed by atoms with Crippen molar-refractivity contribution >= 4 is 23.2 Å². The van der Waals surface area contributed by atoms with Crippen LogP contribution in [-0.4, -0.2) is 23.4 Å². The van der Waals surface area contributed by atoms with E-state index in [1.807, 2.05) is 44.2 Å². The number of nitrogens with zero attached hydrogens (tertiary/aromatic N) is 1. The van der Waals surface area contributed by atoms with Gasteiger partial charge in [0, 0.05) is 12.6 Å². The summed E-state index contributed by atoms with van der Waals surface area (Å²) >= 11 is 6.29. The zero-order valence-electron chi connectivity index (χ0n) is 14.2. The Balaban J connectivity index is 1.66. The first-order chi connectivity index (χ1) is 11.5. The van der Waals surface area contributed by atoms with Crippen LogP contribution in [0.4, 0.5) is 5.69 Å². The van der Waals surface area contributed by atoms with Crippen molar-refractivity contribution in [3.05, 3.63) is 64.2 Å². The first-order valence-corrected chi connectivity index (χ1v) is 8.75. The Morgan fingerprint density at radius 2 is 1.92 bits per heavy atom. The molecule has 0 aliphatic heterocycles. The number of halogens is 1. The van der Waals surface area contributed by atoms with Crippen LogP contribution >= 0.6 is 11.6 Å². The van der Waals surface area contributed by atoms with Crippen LogP contribution < -0.4 is 5.32 Å². The van der Waals surface area contributed by atoms with E-state index in [2.05, 4.69) is 22.3 Å².